The van der Waals surface area contributed by atoms with Crippen LogP contribution in [0.25, 0.3) is 0 Å². The van der Waals surface area contributed by atoms with E-state index in [9.17, 15) is 4.39 Å². The van der Waals surface area contributed by atoms with Crippen LogP contribution in [0.2, 0.25) is 0 Å². The minimum absolute atomic E-state index is 0.00880. The van der Waals surface area contributed by atoms with Gasteiger partial charge in [0.1, 0.15) is 5.82 Å². The van der Waals surface area contributed by atoms with Crippen LogP contribution in [0.5, 0.6) is 0 Å². The molecule has 1 aliphatic heterocycles. The van der Waals surface area contributed by atoms with Crippen molar-refractivity contribution in [2.75, 3.05) is 6.54 Å². The molecule has 0 aromatic heterocycles. The van der Waals surface area contributed by atoms with E-state index >= 15 is 0 Å². The Bertz CT molecular complexity index is 417. The molecule has 1 heterocycles. The molecule has 1 N–H and O–H groups in total. The smallest absolute Gasteiger partial charge is 0.142 e. The van der Waals surface area contributed by atoms with Crippen molar-refractivity contribution in [1.82, 2.24) is 5.32 Å². The topological polar surface area (TPSA) is 12.0 Å². The lowest BCUT2D eigenvalue weighted by atomic mass is 9.68. The van der Waals surface area contributed by atoms with Gasteiger partial charge in [-0.15, -0.1) is 0 Å². The molecule has 1 unspecified atom stereocenters. The molecule has 3 heteroatoms. The maximum absolute atomic E-state index is 14.3. The summed E-state index contributed by atoms with van der Waals surface area (Å²) in [5.74, 6) is -0.128. The Balaban J connectivity index is 2.58. The third-order valence-corrected chi connectivity index (χ3v) is 4.46. The fourth-order valence-corrected chi connectivity index (χ4v) is 3.22. The van der Waals surface area contributed by atoms with Gasteiger partial charge in [0.2, 0.25) is 0 Å². The van der Waals surface area contributed by atoms with Gasteiger partial charge < -0.3 is 5.32 Å². The molecular weight excluding hydrogens is 281 g/mol. The highest BCUT2D eigenvalue weighted by Gasteiger charge is 2.46. The van der Waals surface area contributed by atoms with E-state index < -0.39 is 0 Å². The Morgan fingerprint density at radius 3 is 2.59 bits per heavy atom. The van der Waals surface area contributed by atoms with E-state index in [1.54, 1.807) is 6.07 Å². The van der Waals surface area contributed by atoms with Crippen molar-refractivity contribution < 1.29 is 4.39 Å². The Kier molecular flexibility index (Phi) is 3.34. The quantitative estimate of drug-likeness (QED) is 0.819. The number of halogens is 2. The molecule has 0 bridgehead atoms. The summed E-state index contributed by atoms with van der Waals surface area (Å²) in [6, 6.07) is 5.57. The number of nitrogens with one attached hydrogen (secondary N) is 1. The van der Waals surface area contributed by atoms with Crippen molar-refractivity contribution in [3.05, 3.63) is 34.1 Å². The van der Waals surface area contributed by atoms with Crippen molar-refractivity contribution in [3.8, 4) is 0 Å². The normalized spacial score (nSPS) is 25.2. The summed E-state index contributed by atoms with van der Waals surface area (Å²) in [7, 11) is 0. The Morgan fingerprint density at radius 2 is 2.06 bits per heavy atom. The second-order valence-electron chi connectivity index (χ2n) is 5.79. The van der Waals surface area contributed by atoms with E-state index in [1.165, 1.54) is 0 Å². The average Bonchev–Trinajstić information content (AvgIpc) is 2.71. The molecule has 1 atom stereocenters. The molecule has 1 nitrogen and oxygen atoms in total. The average molecular weight is 300 g/mol. The molecule has 1 fully saturated rings. The van der Waals surface area contributed by atoms with Crippen LogP contribution in [-0.4, -0.2) is 6.54 Å². The molecule has 1 saturated heterocycles. The van der Waals surface area contributed by atoms with Gasteiger partial charge >= 0.3 is 0 Å². The molecule has 1 aromatic carbocycles. The second kappa shape index (κ2) is 4.36. The third kappa shape index (κ3) is 2.04. The van der Waals surface area contributed by atoms with Gasteiger partial charge in [-0.05, 0) is 46.8 Å². The number of rotatable bonds is 1. The summed E-state index contributed by atoms with van der Waals surface area (Å²) in [5, 5.41) is 3.53. The molecule has 0 saturated carbocycles. The zero-order valence-corrected chi connectivity index (χ0v) is 12.2. The molecular formula is C14H19BrFN. The lowest BCUT2D eigenvalue weighted by Crippen LogP contribution is -2.48. The van der Waals surface area contributed by atoms with Gasteiger partial charge in [-0.3, -0.25) is 0 Å². The van der Waals surface area contributed by atoms with Crippen LogP contribution in [0, 0.1) is 11.2 Å². The highest BCUT2D eigenvalue weighted by molar-refractivity contribution is 9.10. The molecule has 1 aromatic rings. The van der Waals surface area contributed by atoms with Gasteiger partial charge in [-0.25, -0.2) is 4.39 Å². The molecule has 17 heavy (non-hydrogen) atoms. The van der Waals surface area contributed by atoms with E-state index in [1.807, 2.05) is 12.1 Å². The summed E-state index contributed by atoms with van der Waals surface area (Å²) in [6.07, 6.45) is 2.09. The fourth-order valence-electron chi connectivity index (χ4n) is 2.85. The van der Waals surface area contributed by atoms with Crippen LogP contribution in [0.4, 0.5) is 4.39 Å². The van der Waals surface area contributed by atoms with Crippen LogP contribution in [-0.2, 0) is 5.54 Å². The largest absolute Gasteiger partial charge is 0.307 e. The minimum Gasteiger partial charge on any atom is -0.307 e. The predicted molar refractivity (Wildman–Crippen MR) is 72.5 cm³/mol. The van der Waals surface area contributed by atoms with Crippen molar-refractivity contribution in [2.24, 2.45) is 5.41 Å². The van der Waals surface area contributed by atoms with Crippen molar-refractivity contribution >= 4 is 15.9 Å². The maximum atomic E-state index is 14.3. The molecule has 94 valence electrons. The van der Waals surface area contributed by atoms with Gasteiger partial charge in [-0.1, -0.05) is 32.9 Å². The summed E-state index contributed by atoms with van der Waals surface area (Å²) >= 11 is 3.28. The Hall–Kier alpha value is -0.410. The fraction of sp³-hybridized carbons (Fsp3) is 0.571. The maximum Gasteiger partial charge on any atom is 0.142 e. The first kappa shape index (κ1) is 13.0. The standard InChI is InChI=1S/C14H19BrFN/c1-13(2,3)14(8-5-9-17-14)10-6-4-7-11(15)12(10)16/h4,6-7,17H,5,8-9H2,1-3H3. The van der Waals surface area contributed by atoms with E-state index in [-0.39, 0.29) is 16.8 Å². The van der Waals surface area contributed by atoms with Gasteiger partial charge in [0, 0.05) is 5.56 Å². The molecule has 0 radical (unpaired) electrons. The van der Waals surface area contributed by atoms with Crippen molar-refractivity contribution in [1.29, 1.82) is 0 Å². The summed E-state index contributed by atoms with van der Waals surface area (Å²) in [6.45, 7) is 7.48. The van der Waals surface area contributed by atoms with Crippen LogP contribution in [0.3, 0.4) is 0 Å². The molecule has 0 aliphatic carbocycles. The predicted octanol–water partition coefficient (Wildman–Crippen LogP) is 4.21. The lowest BCUT2D eigenvalue weighted by Gasteiger charge is -2.43. The molecule has 2 rings (SSSR count). The first-order valence-corrected chi connectivity index (χ1v) is 6.87. The Labute approximate surface area is 111 Å². The first-order chi connectivity index (χ1) is 7.88. The van der Waals surface area contributed by atoms with Crippen LogP contribution in [0.15, 0.2) is 22.7 Å². The zero-order chi connectivity index (χ0) is 12.7. The van der Waals surface area contributed by atoms with Gasteiger partial charge in [0.05, 0.1) is 10.0 Å². The van der Waals surface area contributed by atoms with E-state index in [4.69, 9.17) is 0 Å². The zero-order valence-electron chi connectivity index (χ0n) is 10.6. The minimum atomic E-state index is -0.249. The van der Waals surface area contributed by atoms with Crippen LogP contribution >= 0.6 is 15.9 Å². The van der Waals surface area contributed by atoms with Gasteiger partial charge in [0.25, 0.3) is 0 Å². The van der Waals surface area contributed by atoms with Gasteiger partial charge in [-0.2, -0.15) is 0 Å². The van der Waals surface area contributed by atoms with Crippen LogP contribution in [0.1, 0.15) is 39.2 Å². The number of hydrogen-bond donors (Lipinski definition) is 1. The first-order valence-electron chi connectivity index (χ1n) is 6.08. The van der Waals surface area contributed by atoms with E-state index in [0.717, 1.165) is 24.9 Å². The number of hydrogen-bond acceptors (Lipinski definition) is 1. The summed E-state index contributed by atoms with van der Waals surface area (Å²) in [5.41, 5.74) is 0.531. The number of benzene rings is 1. The summed E-state index contributed by atoms with van der Waals surface area (Å²) < 4.78 is 14.9. The molecule has 0 amide bonds. The van der Waals surface area contributed by atoms with E-state index in [0.29, 0.717) is 4.47 Å². The lowest BCUT2D eigenvalue weighted by molar-refractivity contribution is 0.155. The highest BCUT2D eigenvalue weighted by Crippen LogP contribution is 2.46. The third-order valence-electron chi connectivity index (χ3n) is 3.85. The monoisotopic (exact) mass is 299 g/mol. The Morgan fingerprint density at radius 1 is 1.35 bits per heavy atom. The van der Waals surface area contributed by atoms with Gasteiger partial charge in [0.15, 0.2) is 0 Å². The SMILES string of the molecule is CC(C)(C)C1(c2cccc(Br)c2F)CCCN1. The highest BCUT2D eigenvalue weighted by atomic mass is 79.9. The van der Waals surface area contributed by atoms with Crippen LogP contribution < -0.4 is 5.32 Å². The van der Waals surface area contributed by atoms with E-state index in [2.05, 4.69) is 42.0 Å². The summed E-state index contributed by atoms with van der Waals surface area (Å²) in [4.78, 5) is 0. The molecule has 0 spiro atoms. The van der Waals surface area contributed by atoms with Crippen molar-refractivity contribution in [2.45, 2.75) is 39.2 Å². The second-order valence-corrected chi connectivity index (χ2v) is 6.64. The molecule has 1 aliphatic rings. The van der Waals surface area contributed by atoms with Crippen molar-refractivity contribution in [3.63, 3.8) is 0 Å².